The molecule has 2 unspecified atom stereocenters. The summed E-state index contributed by atoms with van der Waals surface area (Å²) in [6.45, 7) is 5.84. The molecule has 1 aromatic carbocycles. The van der Waals surface area contributed by atoms with Crippen LogP contribution >= 0.6 is 0 Å². The van der Waals surface area contributed by atoms with E-state index in [0.29, 0.717) is 6.04 Å². The van der Waals surface area contributed by atoms with Gasteiger partial charge < -0.3 is 15.0 Å². The number of nitrogens with zero attached hydrogens (tertiary/aromatic N) is 1. The minimum Gasteiger partial charge on any atom is -0.497 e. The van der Waals surface area contributed by atoms with Gasteiger partial charge in [0.2, 0.25) is 0 Å². The first-order chi connectivity index (χ1) is 10.2. The Morgan fingerprint density at radius 3 is 2.86 bits per heavy atom. The Hall–Kier alpha value is -1.22. The number of methoxy groups -OCH3 is 1. The Bertz CT molecular complexity index is 458. The van der Waals surface area contributed by atoms with Crippen LogP contribution in [0.15, 0.2) is 24.3 Å². The molecule has 2 aliphatic rings. The number of hydrogen-bond acceptors (Lipinski definition) is 3. The highest BCUT2D eigenvalue weighted by atomic mass is 16.5. The molecule has 1 saturated carbocycles. The van der Waals surface area contributed by atoms with E-state index < -0.39 is 0 Å². The van der Waals surface area contributed by atoms with Gasteiger partial charge in [0.05, 0.1) is 7.11 Å². The summed E-state index contributed by atoms with van der Waals surface area (Å²) in [5.41, 5.74) is 1.29. The van der Waals surface area contributed by atoms with Crippen molar-refractivity contribution in [2.45, 2.75) is 38.6 Å². The third kappa shape index (κ3) is 3.70. The molecule has 3 heteroatoms. The van der Waals surface area contributed by atoms with E-state index in [-0.39, 0.29) is 0 Å². The van der Waals surface area contributed by atoms with Crippen molar-refractivity contribution in [3.63, 3.8) is 0 Å². The van der Waals surface area contributed by atoms with Crippen LogP contribution < -0.4 is 15.0 Å². The zero-order valence-corrected chi connectivity index (χ0v) is 13.3. The lowest BCUT2D eigenvalue weighted by atomic mass is 9.85. The van der Waals surface area contributed by atoms with Gasteiger partial charge >= 0.3 is 0 Å². The van der Waals surface area contributed by atoms with Crippen LogP contribution in [0, 0.1) is 11.8 Å². The van der Waals surface area contributed by atoms with Crippen LogP contribution in [0.25, 0.3) is 0 Å². The first-order valence-electron chi connectivity index (χ1n) is 8.37. The molecule has 1 aromatic rings. The topological polar surface area (TPSA) is 24.5 Å². The fraction of sp³-hybridized carbons (Fsp3) is 0.667. The summed E-state index contributed by atoms with van der Waals surface area (Å²) in [4.78, 5) is 2.51. The molecular formula is C18H28N2O. The van der Waals surface area contributed by atoms with Crippen molar-refractivity contribution < 1.29 is 4.74 Å². The number of benzene rings is 1. The molecule has 3 rings (SSSR count). The van der Waals surface area contributed by atoms with Crippen LogP contribution in [0.3, 0.4) is 0 Å². The predicted octanol–water partition coefficient (Wildman–Crippen LogP) is 3.30. The number of piperidine rings is 1. The maximum atomic E-state index is 5.36. The Labute approximate surface area is 128 Å². The minimum atomic E-state index is 0.626. The molecule has 0 spiro atoms. The minimum absolute atomic E-state index is 0.626. The molecular weight excluding hydrogens is 260 g/mol. The maximum absolute atomic E-state index is 5.36. The van der Waals surface area contributed by atoms with Crippen LogP contribution in [0.2, 0.25) is 0 Å². The Kier molecular flexibility index (Phi) is 4.69. The first kappa shape index (κ1) is 14.7. The summed E-state index contributed by atoms with van der Waals surface area (Å²) in [6, 6.07) is 9.08. The van der Waals surface area contributed by atoms with E-state index in [0.717, 1.165) is 30.7 Å². The average molecular weight is 288 g/mol. The molecule has 0 radical (unpaired) electrons. The Morgan fingerprint density at radius 1 is 1.29 bits per heavy atom. The molecule has 1 heterocycles. The second-order valence-electron chi connectivity index (χ2n) is 6.85. The highest BCUT2D eigenvalue weighted by Crippen LogP contribution is 2.28. The molecule has 1 aliphatic heterocycles. The van der Waals surface area contributed by atoms with Gasteiger partial charge in [-0.05, 0) is 49.8 Å². The van der Waals surface area contributed by atoms with Crippen molar-refractivity contribution in [1.82, 2.24) is 5.32 Å². The first-order valence-corrected chi connectivity index (χ1v) is 8.37. The highest BCUT2D eigenvalue weighted by Gasteiger charge is 2.26. The third-order valence-electron chi connectivity index (χ3n) is 5.00. The summed E-state index contributed by atoms with van der Waals surface area (Å²) in [6.07, 6.45) is 5.58. The smallest absolute Gasteiger partial charge is 0.120 e. The van der Waals surface area contributed by atoms with Gasteiger partial charge in [0.15, 0.2) is 0 Å². The van der Waals surface area contributed by atoms with E-state index in [1.165, 1.54) is 37.9 Å². The number of anilines is 1. The zero-order chi connectivity index (χ0) is 14.7. The van der Waals surface area contributed by atoms with Crippen LogP contribution in [-0.4, -0.2) is 32.8 Å². The van der Waals surface area contributed by atoms with E-state index in [4.69, 9.17) is 4.74 Å². The molecule has 0 bridgehead atoms. The van der Waals surface area contributed by atoms with Crippen molar-refractivity contribution in [2.75, 3.05) is 31.6 Å². The number of nitrogens with one attached hydrogen (secondary N) is 1. The van der Waals surface area contributed by atoms with Crippen molar-refractivity contribution in [2.24, 2.45) is 11.8 Å². The van der Waals surface area contributed by atoms with E-state index in [1.807, 2.05) is 6.07 Å². The summed E-state index contributed by atoms with van der Waals surface area (Å²) in [5.74, 6) is 2.63. The summed E-state index contributed by atoms with van der Waals surface area (Å²) in [7, 11) is 1.74. The van der Waals surface area contributed by atoms with E-state index in [9.17, 15) is 0 Å². The van der Waals surface area contributed by atoms with E-state index >= 15 is 0 Å². The molecule has 0 amide bonds. The van der Waals surface area contributed by atoms with Crippen LogP contribution in [0.1, 0.15) is 32.6 Å². The van der Waals surface area contributed by atoms with Crippen LogP contribution in [0.5, 0.6) is 5.75 Å². The second-order valence-corrected chi connectivity index (χ2v) is 6.85. The predicted molar refractivity (Wildman–Crippen MR) is 88.1 cm³/mol. The summed E-state index contributed by atoms with van der Waals surface area (Å²) in [5, 5.41) is 3.81. The summed E-state index contributed by atoms with van der Waals surface area (Å²) < 4.78 is 5.36. The standard InChI is InChI=1S/C18H28N2O/c1-14-9-16(19-11-15-5-3-6-15)13-20(12-14)17-7-4-8-18(10-17)21-2/h4,7-8,10,14-16,19H,3,5-6,9,11-13H2,1-2H3. The van der Waals surface area contributed by atoms with Crippen molar-refractivity contribution in [1.29, 1.82) is 0 Å². The van der Waals surface area contributed by atoms with E-state index in [1.54, 1.807) is 7.11 Å². The van der Waals surface area contributed by atoms with Crippen molar-refractivity contribution in [3.8, 4) is 5.75 Å². The van der Waals surface area contributed by atoms with Gasteiger partial charge in [0.1, 0.15) is 5.75 Å². The Balaban J connectivity index is 1.61. The molecule has 1 saturated heterocycles. The molecule has 3 nitrogen and oxygen atoms in total. The maximum Gasteiger partial charge on any atom is 0.120 e. The Morgan fingerprint density at radius 2 is 2.14 bits per heavy atom. The third-order valence-corrected chi connectivity index (χ3v) is 5.00. The normalized spacial score (nSPS) is 26.5. The fourth-order valence-corrected chi connectivity index (χ4v) is 3.55. The zero-order valence-electron chi connectivity index (χ0n) is 13.3. The quantitative estimate of drug-likeness (QED) is 0.899. The number of ether oxygens (including phenoxy) is 1. The summed E-state index contributed by atoms with van der Waals surface area (Å²) >= 11 is 0. The molecule has 0 aromatic heterocycles. The molecule has 2 atom stereocenters. The SMILES string of the molecule is COc1cccc(N2CC(C)CC(NCC3CCC3)C2)c1. The second kappa shape index (κ2) is 6.69. The van der Waals surface area contributed by atoms with Crippen LogP contribution in [0.4, 0.5) is 5.69 Å². The van der Waals surface area contributed by atoms with Gasteiger partial charge in [-0.15, -0.1) is 0 Å². The van der Waals surface area contributed by atoms with Crippen molar-refractivity contribution >= 4 is 5.69 Å². The van der Waals surface area contributed by atoms with Crippen molar-refractivity contribution in [3.05, 3.63) is 24.3 Å². The fourth-order valence-electron chi connectivity index (χ4n) is 3.55. The lowest BCUT2D eigenvalue weighted by Crippen LogP contribution is -2.50. The molecule has 1 N–H and O–H groups in total. The number of hydrogen-bond donors (Lipinski definition) is 1. The molecule has 21 heavy (non-hydrogen) atoms. The van der Waals surface area contributed by atoms with Gasteiger partial charge in [0, 0.05) is 30.9 Å². The average Bonchev–Trinajstić information content (AvgIpc) is 2.45. The molecule has 2 fully saturated rings. The van der Waals surface area contributed by atoms with Gasteiger partial charge in [0.25, 0.3) is 0 Å². The van der Waals surface area contributed by atoms with Gasteiger partial charge in [-0.2, -0.15) is 0 Å². The van der Waals surface area contributed by atoms with E-state index in [2.05, 4.69) is 35.3 Å². The lowest BCUT2D eigenvalue weighted by molar-refractivity contribution is 0.268. The molecule has 116 valence electrons. The monoisotopic (exact) mass is 288 g/mol. The van der Waals surface area contributed by atoms with Crippen LogP contribution in [-0.2, 0) is 0 Å². The van der Waals surface area contributed by atoms with Gasteiger partial charge in [-0.1, -0.05) is 19.4 Å². The largest absolute Gasteiger partial charge is 0.497 e. The number of rotatable bonds is 5. The van der Waals surface area contributed by atoms with Gasteiger partial charge in [-0.3, -0.25) is 0 Å². The lowest BCUT2D eigenvalue weighted by Gasteiger charge is -2.39. The van der Waals surface area contributed by atoms with Gasteiger partial charge in [-0.25, -0.2) is 0 Å². The molecule has 1 aliphatic carbocycles. The highest BCUT2D eigenvalue weighted by molar-refractivity contribution is 5.51.